The highest BCUT2D eigenvalue weighted by molar-refractivity contribution is 5.94. The van der Waals surface area contributed by atoms with Crippen LogP contribution in [0.15, 0.2) is 42.5 Å². The first kappa shape index (κ1) is 19.6. The van der Waals surface area contributed by atoms with Crippen LogP contribution in [0.5, 0.6) is 17.2 Å². The molecule has 0 fully saturated rings. The molecule has 140 valence electrons. The summed E-state index contributed by atoms with van der Waals surface area (Å²) in [5.41, 5.74) is 1.54. The average Bonchev–Trinajstić information content (AvgIpc) is 2.69. The molecule has 0 atom stereocenters. The van der Waals surface area contributed by atoms with Gasteiger partial charge in [0.05, 0.1) is 20.8 Å². The summed E-state index contributed by atoms with van der Waals surface area (Å²) in [4.78, 5) is 12.3. The van der Waals surface area contributed by atoms with E-state index in [2.05, 4.69) is 12.2 Å². The number of hydrogen-bond acceptors (Lipinski definition) is 4. The molecule has 0 aliphatic rings. The number of amides is 1. The molecule has 0 saturated carbocycles. The predicted molar refractivity (Wildman–Crippen MR) is 102 cm³/mol. The van der Waals surface area contributed by atoms with E-state index in [0.29, 0.717) is 30.2 Å². The zero-order chi connectivity index (χ0) is 18.8. The first-order valence-electron chi connectivity index (χ1n) is 8.90. The SMILES string of the molecule is CCCCCOc1ccc(C(=O)NCc2ccc(OC)c(OC)c2)cc1. The second-order valence-electron chi connectivity index (χ2n) is 5.95. The van der Waals surface area contributed by atoms with Gasteiger partial charge in [0, 0.05) is 12.1 Å². The van der Waals surface area contributed by atoms with Crippen molar-refractivity contribution < 1.29 is 19.0 Å². The Hall–Kier alpha value is -2.69. The highest BCUT2D eigenvalue weighted by Gasteiger charge is 2.08. The van der Waals surface area contributed by atoms with Gasteiger partial charge in [-0.15, -0.1) is 0 Å². The molecule has 0 aliphatic carbocycles. The van der Waals surface area contributed by atoms with Gasteiger partial charge < -0.3 is 19.5 Å². The quantitative estimate of drug-likeness (QED) is 0.648. The van der Waals surface area contributed by atoms with Gasteiger partial charge in [0.15, 0.2) is 11.5 Å². The topological polar surface area (TPSA) is 56.8 Å². The van der Waals surface area contributed by atoms with E-state index in [9.17, 15) is 4.79 Å². The van der Waals surface area contributed by atoms with Crippen LogP contribution in [0, 0.1) is 0 Å². The lowest BCUT2D eigenvalue weighted by Gasteiger charge is -2.11. The highest BCUT2D eigenvalue weighted by atomic mass is 16.5. The monoisotopic (exact) mass is 357 g/mol. The predicted octanol–water partition coefficient (Wildman–Crippen LogP) is 4.20. The number of unbranched alkanes of at least 4 members (excludes halogenated alkanes) is 2. The van der Waals surface area contributed by atoms with Crippen molar-refractivity contribution in [1.82, 2.24) is 5.32 Å². The Morgan fingerprint density at radius 3 is 2.35 bits per heavy atom. The Morgan fingerprint density at radius 1 is 0.962 bits per heavy atom. The Labute approximate surface area is 155 Å². The number of ether oxygens (including phenoxy) is 3. The molecule has 0 saturated heterocycles. The van der Waals surface area contributed by atoms with Crippen LogP contribution in [0.1, 0.15) is 42.1 Å². The molecule has 0 aliphatic heterocycles. The van der Waals surface area contributed by atoms with Gasteiger partial charge in [-0.25, -0.2) is 0 Å². The summed E-state index contributed by atoms with van der Waals surface area (Å²) in [6.07, 6.45) is 3.38. The number of carbonyl (C=O) groups is 1. The smallest absolute Gasteiger partial charge is 0.251 e. The maximum absolute atomic E-state index is 12.3. The molecule has 5 heteroatoms. The van der Waals surface area contributed by atoms with Crippen LogP contribution < -0.4 is 19.5 Å². The van der Waals surface area contributed by atoms with Gasteiger partial charge >= 0.3 is 0 Å². The molecule has 2 rings (SSSR count). The van der Waals surface area contributed by atoms with Gasteiger partial charge in [-0.3, -0.25) is 4.79 Å². The summed E-state index contributed by atoms with van der Waals surface area (Å²) in [5.74, 6) is 1.97. The van der Waals surface area contributed by atoms with Gasteiger partial charge in [0.25, 0.3) is 5.91 Å². The molecule has 0 unspecified atom stereocenters. The maximum atomic E-state index is 12.3. The Bertz CT molecular complexity index is 698. The van der Waals surface area contributed by atoms with Crippen LogP contribution in [-0.2, 0) is 6.54 Å². The molecule has 1 N–H and O–H groups in total. The van der Waals surface area contributed by atoms with E-state index < -0.39 is 0 Å². The van der Waals surface area contributed by atoms with Gasteiger partial charge in [0.2, 0.25) is 0 Å². The third kappa shape index (κ3) is 5.69. The Kier molecular flexibility index (Phi) is 7.80. The standard InChI is InChI=1S/C21H27NO4/c1-4-5-6-13-26-18-10-8-17(9-11-18)21(23)22-15-16-7-12-19(24-2)20(14-16)25-3/h7-12,14H,4-6,13,15H2,1-3H3,(H,22,23). The number of benzene rings is 2. The van der Waals surface area contributed by atoms with Crippen molar-refractivity contribution in [2.45, 2.75) is 32.7 Å². The molecule has 2 aromatic rings. The van der Waals surface area contributed by atoms with Gasteiger partial charge in [-0.1, -0.05) is 25.8 Å². The molecule has 0 heterocycles. The number of methoxy groups -OCH3 is 2. The van der Waals surface area contributed by atoms with Crippen LogP contribution in [0.4, 0.5) is 0 Å². The first-order chi connectivity index (χ1) is 12.7. The minimum absolute atomic E-state index is 0.127. The number of carbonyl (C=O) groups excluding carboxylic acids is 1. The molecule has 5 nitrogen and oxygen atoms in total. The molecule has 0 spiro atoms. The van der Waals surface area contributed by atoms with Gasteiger partial charge in [-0.05, 0) is 48.4 Å². The van der Waals surface area contributed by atoms with Crippen molar-refractivity contribution in [3.8, 4) is 17.2 Å². The Morgan fingerprint density at radius 2 is 1.69 bits per heavy atom. The molecular weight excluding hydrogens is 330 g/mol. The minimum Gasteiger partial charge on any atom is -0.494 e. The fraction of sp³-hybridized carbons (Fsp3) is 0.381. The van der Waals surface area contributed by atoms with Gasteiger partial charge in [-0.2, -0.15) is 0 Å². The van der Waals surface area contributed by atoms with Crippen molar-refractivity contribution in [3.63, 3.8) is 0 Å². The van der Waals surface area contributed by atoms with E-state index >= 15 is 0 Å². The lowest BCUT2D eigenvalue weighted by molar-refractivity contribution is 0.0951. The average molecular weight is 357 g/mol. The molecule has 0 radical (unpaired) electrons. The maximum Gasteiger partial charge on any atom is 0.251 e. The summed E-state index contributed by atoms with van der Waals surface area (Å²) >= 11 is 0. The number of hydrogen-bond donors (Lipinski definition) is 1. The van der Waals surface area contributed by atoms with Gasteiger partial charge in [0.1, 0.15) is 5.75 Å². The summed E-state index contributed by atoms with van der Waals surface area (Å²) in [6, 6.07) is 12.8. The van der Waals surface area contributed by atoms with E-state index in [-0.39, 0.29) is 5.91 Å². The summed E-state index contributed by atoms with van der Waals surface area (Å²) in [6.45, 7) is 3.28. The summed E-state index contributed by atoms with van der Waals surface area (Å²) < 4.78 is 16.2. The second kappa shape index (κ2) is 10.3. The second-order valence-corrected chi connectivity index (χ2v) is 5.95. The molecule has 1 amide bonds. The van der Waals surface area contributed by atoms with Crippen LogP contribution in [-0.4, -0.2) is 26.7 Å². The van der Waals surface area contributed by atoms with Crippen LogP contribution >= 0.6 is 0 Å². The van der Waals surface area contributed by atoms with E-state index in [1.165, 1.54) is 6.42 Å². The van der Waals surface area contributed by atoms with Crippen LogP contribution in [0.25, 0.3) is 0 Å². The minimum atomic E-state index is -0.127. The number of rotatable bonds is 10. The normalized spacial score (nSPS) is 10.3. The van der Waals surface area contributed by atoms with Crippen molar-refractivity contribution in [2.75, 3.05) is 20.8 Å². The lowest BCUT2D eigenvalue weighted by atomic mass is 10.1. The summed E-state index contributed by atoms with van der Waals surface area (Å²) in [7, 11) is 3.18. The third-order valence-corrected chi connectivity index (χ3v) is 4.03. The molecule has 26 heavy (non-hydrogen) atoms. The fourth-order valence-corrected chi connectivity index (χ4v) is 2.52. The first-order valence-corrected chi connectivity index (χ1v) is 8.90. The largest absolute Gasteiger partial charge is 0.494 e. The molecule has 2 aromatic carbocycles. The van der Waals surface area contributed by atoms with E-state index in [1.807, 2.05) is 30.3 Å². The van der Waals surface area contributed by atoms with E-state index in [0.717, 1.165) is 24.2 Å². The highest BCUT2D eigenvalue weighted by Crippen LogP contribution is 2.27. The fourth-order valence-electron chi connectivity index (χ4n) is 2.52. The zero-order valence-corrected chi connectivity index (χ0v) is 15.7. The Balaban J connectivity index is 1.87. The summed E-state index contributed by atoms with van der Waals surface area (Å²) in [5, 5.41) is 2.91. The van der Waals surface area contributed by atoms with Crippen molar-refractivity contribution in [2.24, 2.45) is 0 Å². The van der Waals surface area contributed by atoms with Crippen LogP contribution in [0.2, 0.25) is 0 Å². The van der Waals surface area contributed by atoms with E-state index in [4.69, 9.17) is 14.2 Å². The van der Waals surface area contributed by atoms with Crippen molar-refractivity contribution in [1.29, 1.82) is 0 Å². The van der Waals surface area contributed by atoms with Crippen molar-refractivity contribution >= 4 is 5.91 Å². The molecule has 0 bridgehead atoms. The van der Waals surface area contributed by atoms with Crippen molar-refractivity contribution in [3.05, 3.63) is 53.6 Å². The molecule has 0 aromatic heterocycles. The van der Waals surface area contributed by atoms with Crippen LogP contribution in [0.3, 0.4) is 0 Å². The molecular formula is C21H27NO4. The third-order valence-electron chi connectivity index (χ3n) is 4.03. The lowest BCUT2D eigenvalue weighted by Crippen LogP contribution is -2.22. The number of nitrogens with one attached hydrogen (secondary N) is 1. The van der Waals surface area contributed by atoms with E-state index in [1.54, 1.807) is 26.4 Å². The zero-order valence-electron chi connectivity index (χ0n) is 15.7.